The molecule has 40 heavy (non-hydrogen) atoms. The number of benzene rings is 4. The van der Waals surface area contributed by atoms with E-state index in [1.807, 2.05) is 24.3 Å². The predicted octanol–water partition coefficient (Wildman–Crippen LogP) is 4.88. The molecule has 4 N–H and O–H groups in total. The quantitative estimate of drug-likeness (QED) is 0.220. The summed E-state index contributed by atoms with van der Waals surface area (Å²) < 4.78 is 0. The number of anilines is 1. The van der Waals surface area contributed by atoms with Crippen molar-refractivity contribution in [1.29, 1.82) is 0 Å². The Bertz CT molecular complexity index is 1490. The molecule has 0 fully saturated rings. The van der Waals surface area contributed by atoms with E-state index in [1.165, 1.54) is 36.9 Å². The van der Waals surface area contributed by atoms with Crippen LogP contribution < -0.4 is 10.6 Å². The van der Waals surface area contributed by atoms with Gasteiger partial charge in [-0.2, -0.15) is 54.1 Å². The number of carbonyl (C=O) groups is 4. The van der Waals surface area contributed by atoms with E-state index in [-0.39, 0.29) is 61.4 Å². The maximum absolute atomic E-state index is 12.6. The fourth-order valence-corrected chi connectivity index (χ4v) is 3.66. The Morgan fingerprint density at radius 1 is 0.675 bits per heavy atom. The molecule has 8 nitrogen and oxygen atoms in total. The molecule has 0 aliphatic rings. The fraction of sp³-hybridized carbons (Fsp3) is 0.0968. The molecule has 9 heteroatoms. The summed E-state index contributed by atoms with van der Waals surface area (Å²) in [5, 5.41) is 24.0. The monoisotopic (exact) mass is 611 g/mol. The zero-order valence-corrected chi connectivity index (χ0v) is 24.7. The van der Waals surface area contributed by atoms with E-state index in [4.69, 9.17) is 0 Å². The molecule has 0 saturated heterocycles. The van der Waals surface area contributed by atoms with Gasteiger partial charge in [0.15, 0.2) is 0 Å². The molecule has 4 aromatic carbocycles. The maximum Gasteiger partial charge on any atom is 0.336 e. The first-order chi connectivity index (χ1) is 18.7. The first-order valence-electron chi connectivity index (χ1n) is 11.8. The average molecular weight is 611 g/mol. The Labute approximate surface area is 257 Å². The molecule has 0 bridgehead atoms. The number of carboxylic acid groups (broad SMARTS) is 2. The summed E-state index contributed by atoms with van der Waals surface area (Å²) in [5.74, 6) is -3.59. The molecule has 0 aliphatic carbocycles. The average Bonchev–Trinajstić information content (AvgIpc) is 2.93. The minimum Gasteiger partial charge on any atom is -0.478 e. The van der Waals surface area contributed by atoms with Crippen LogP contribution in [0.2, 0.25) is 0 Å². The van der Waals surface area contributed by atoms with Crippen molar-refractivity contribution in [2.45, 2.75) is 13.3 Å². The molecule has 0 atom stereocenters. The van der Waals surface area contributed by atoms with Gasteiger partial charge in [0.25, 0.3) is 11.8 Å². The third-order valence-electron chi connectivity index (χ3n) is 5.61. The molecule has 1 radical (unpaired) electrons. The van der Waals surface area contributed by atoms with Gasteiger partial charge in [-0.1, -0.05) is 24.7 Å². The van der Waals surface area contributed by atoms with E-state index < -0.39 is 23.8 Å². The Kier molecular flexibility index (Phi) is 12.4. The third kappa shape index (κ3) is 8.97. The number of nitrogens with one attached hydrogen (secondary N) is 2. The zero-order valence-electron chi connectivity index (χ0n) is 21.9. The van der Waals surface area contributed by atoms with Gasteiger partial charge >= 0.3 is 11.9 Å². The van der Waals surface area contributed by atoms with Crippen LogP contribution in [0.4, 0.5) is 5.69 Å². The molecule has 2 amide bonds. The molecule has 0 heterocycles. The van der Waals surface area contributed by atoms with E-state index in [0.29, 0.717) is 16.8 Å². The molecule has 0 unspecified atom stereocenters. The molecule has 0 aromatic heterocycles. The second-order valence-electron chi connectivity index (χ2n) is 8.45. The zero-order chi connectivity index (χ0) is 28.4. The van der Waals surface area contributed by atoms with E-state index in [1.54, 1.807) is 36.4 Å². The summed E-state index contributed by atoms with van der Waals surface area (Å²) in [5.41, 5.74) is 2.70. The van der Waals surface area contributed by atoms with Crippen molar-refractivity contribution in [1.82, 2.24) is 5.32 Å². The number of carbonyl (C=O) groups excluding carboxylic acids is 2. The van der Waals surface area contributed by atoms with Gasteiger partial charge in [0, 0.05) is 39.8 Å². The minimum atomic E-state index is -1.26. The van der Waals surface area contributed by atoms with E-state index in [2.05, 4.69) is 29.7 Å². The van der Waals surface area contributed by atoms with Crippen molar-refractivity contribution in [3.05, 3.63) is 136 Å². The van der Waals surface area contributed by atoms with Crippen LogP contribution in [0, 0.1) is 19.1 Å². The number of carboxylic acids is 2. The molecule has 0 saturated carbocycles. The van der Waals surface area contributed by atoms with Crippen LogP contribution in [0.25, 0.3) is 0 Å². The smallest absolute Gasteiger partial charge is 0.336 e. The molecule has 4 rings (SSSR count). The van der Waals surface area contributed by atoms with Crippen LogP contribution in [0.5, 0.6) is 0 Å². The summed E-state index contributed by atoms with van der Waals surface area (Å²) in [6.45, 7) is 2.06. The number of hydrogen-bond acceptors (Lipinski definition) is 4. The molecular formula is C31H26N2O6Y-2. The summed E-state index contributed by atoms with van der Waals surface area (Å²) in [6, 6.07) is 28.9. The van der Waals surface area contributed by atoms with E-state index >= 15 is 0 Å². The largest absolute Gasteiger partial charge is 0.478 e. The Hall–Kier alpha value is -4.14. The fourth-order valence-electron chi connectivity index (χ4n) is 3.66. The summed E-state index contributed by atoms with van der Waals surface area (Å²) in [4.78, 5) is 47.8. The summed E-state index contributed by atoms with van der Waals surface area (Å²) in [7, 11) is 1.40. The van der Waals surface area contributed by atoms with Gasteiger partial charge in [-0.15, -0.1) is 12.1 Å². The number of aromatic carboxylic acids is 2. The van der Waals surface area contributed by atoms with Gasteiger partial charge in [-0.05, 0) is 41.8 Å². The van der Waals surface area contributed by atoms with Gasteiger partial charge in [0.1, 0.15) is 0 Å². The van der Waals surface area contributed by atoms with Crippen molar-refractivity contribution < 1.29 is 62.1 Å². The van der Waals surface area contributed by atoms with E-state index in [9.17, 15) is 29.4 Å². The second kappa shape index (κ2) is 15.5. The summed E-state index contributed by atoms with van der Waals surface area (Å²) >= 11 is 0. The Morgan fingerprint density at radius 3 is 1.65 bits per heavy atom. The normalized spacial score (nSPS) is 9.75. The number of aryl methyl sites for hydroxylation is 1. The van der Waals surface area contributed by atoms with Crippen LogP contribution in [-0.4, -0.2) is 41.0 Å². The predicted molar refractivity (Wildman–Crippen MR) is 146 cm³/mol. The molecule has 0 spiro atoms. The molecular weight excluding hydrogens is 585 g/mol. The third-order valence-corrected chi connectivity index (χ3v) is 5.61. The first kappa shape index (κ1) is 32.1. The van der Waals surface area contributed by atoms with Crippen LogP contribution in [0.1, 0.15) is 58.1 Å². The molecule has 4 aromatic rings. The maximum atomic E-state index is 12.6. The van der Waals surface area contributed by atoms with Crippen LogP contribution in [-0.2, 0) is 39.1 Å². The molecule has 0 aliphatic heterocycles. The van der Waals surface area contributed by atoms with Crippen LogP contribution in [0.15, 0.2) is 84.9 Å². The Morgan fingerprint density at radius 2 is 1.18 bits per heavy atom. The van der Waals surface area contributed by atoms with Gasteiger partial charge < -0.3 is 20.8 Å². The van der Waals surface area contributed by atoms with Gasteiger partial charge in [0.05, 0.1) is 22.3 Å². The number of rotatable bonds is 7. The van der Waals surface area contributed by atoms with Crippen molar-refractivity contribution in [3.63, 3.8) is 0 Å². The second-order valence-corrected chi connectivity index (χ2v) is 8.45. The van der Waals surface area contributed by atoms with Crippen LogP contribution in [0.3, 0.4) is 0 Å². The number of amides is 2. The number of hydrogen-bond donors (Lipinski definition) is 4. The first-order valence-corrected chi connectivity index (χ1v) is 11.8. The molecule has 201 valence electrons. The van der Waals surface area contributed by atoms with Gasteiger partial charge in [-0.25, -0.2) is 9.59 Å². The van der Waals surface area contributed by atoms with Crippen LogP contribution >= 0.6 is 0 Å². The Balaban J connectivity index is 0.000000610. The van der Waals surface area contributed by atoms with Gasteiger partial charge in [-0.3, -0.25) is 9.59 Å². The SMILES string of the molecule is CNC(=O)c1cc(Cc2ccc(C(=O)Nc3cc[c-]cc3)c(C(=O)O)c2)ccc1C(=O)O.Cc1cc[c-]cc1.[Y]. The van der Waals surface area contributed by atoms with Gasteiger partial charge in [0.2, 0.25) is 0 Å². The van der Waals surface area contributed by atoms with E-state index in [0.717, 1.165) is 0 Å². The van der Waals surface area contributed by atoms with Crippen molar-refractivity contribution in [3.8, 4) is 0 Å². The van der Waals surface area contributed by atoms with Crippen molar-refractivity contribution in [2.75, 3.05) is 12.4 Å². The topological polar surface area (TPSA) is 133 Å². The minimum absolute atomic E-state index is 0. The summed E-state index contributed by atoms with van der Waals surface area (Å²) in [6.07, 6.45) is 0.237. The van der Waals surface area contributed by atoms with Crippen molar-refractivity contribution in [2.24, 2.45) is 0 Å². The van der Waals surface area contributed by atoms with Crippen molar-refractivity contribution >= 4 is 29.4 Å². The standard InChI is InChI=1S/C24H19N2O6.C7H7.Y/c1-25-21(27)19-12-14(8-10-18(19)23(29)30)11-15-7-9-17(20(13-15)24(31)32)22(28)26-16-5-3-2-4-6-16;1-7-5-3-2-4-6-7;/h3-10,12-13H,11H2,1H3,(H,25,27)(H,26,28)(H,29,30)(H,31,32);3-6H,1H3;/q2*-1;.